The zero-order valence-electron chi connectivity index (χ0n) is 14.5. The van der Waals surface area contributed by atoms with Gasteiger partial charge in [-0.25, -0.2) is 0 Å². The largest absolute Gasteiger partial charge is 0.352 e. The van der Waals surface area contributed by atoms with Gasteiger partial charge in [-0.3, -0.25) is 9.79 Å². The average Bonchev–Trinajstić information content (AvgIpc) is 2.95. The lowest BCUT2D eigenvalue weighted by Crippen LogP contribution is -2.26. The van der Waals surface area contributed by atoms with Gasteiger partial charge in [-0.05, 0) is 30.5 Å². The highest BCUT2D eigenvalue weighted by Gasteiger charge is 2.13. The van der Waals surface area contributed by atoms with Crippen molar-refractivity contribution in [1.29, 1.82) is 0 Å². The molecule has 0 spiro atoms. The number of nitrogens with zero attached hydrogens (tertiary/aromatic N) is 2. The quantitative estimate of drug-likeness (QED) is 0.780. The first-order valence-electron chi connectivity index (χ1n) is 8.80. The summed E-state index contributed by atoms with van der Waals surface area (Å²) in [7, 11) is 2.01. The van der Waals surface area contributed by atoms with Gasteiger partial charge in [0.1, 0.15) is 0 Å². The van der Waals surface area contributed by atoms with Crippen molar-refractivity contribution >= 4 is 33.2 Å². The molecule has 0 unspecified atom stereocenters. The van der Waals surface area contributed by atoms with Gasteiger partial charge in [0.2, 0.25) is 5.91 Å². The van der Waals surface area contributed by atoms with Crippen LogP contribution in [0.5, 0.6) is 0 Å². The van der Waals surface area contributed by atoms with E-state index in [4.69, 9.17) is 4.99 Å². The highest BCUT2D eigenvalue weighted by molar-refractivity contribution is 9.10. The summed E-state index contributed by atoms with van der Waals surface area (Å²) in [6.07, 6.45) is 6.70. The third kappa shape index (κ3) is 5.28. The van der Waals surface area contributed by atoms with E-state index in [9.17, 15) is 4.79 Å². The van der Waals surface area contributed by atoms with Crippen molar-refractivity contribution in [3.8, 4) is 0 Å². The number of hydrogen-bond acceptors (Lipinski definition) is 3. The maximum absolute atomic E-state index is 12.2. The first-order valence-corrected chi connectivity index (χ1v) is 10.5. The Labute approximate surface area is 161 Å². The number of amides is 1. The van der Waals surface area contributed by atoms with Gasteiger partial charge in [0.15, 0.2) is 4.80 Å². The van der Waals surface area contributed by atoms with Crippen molar-refractivity contribution in [2.45, 2.75) is 51.1 Å². The number of carbonyl (C=O) groups is 1. The molecular weight excluding hydrogens is 398 g/mol. The van der Waals surface area contributed by atoms with Crippen molar-refractivity contribution in [3.63, 3.8) is 0 Å². The zero-order chi connectivity index (χ0) is 17.6. The molecule has 134 valence electrons. The van der Waals surface area contributed by atoms with Crippen molar-refractivity contribution in [3.05, 3.63) is 50.2 Å². The number of hydrogen-bond donors (Lipinski definition) is 1. The topological polar surface area (TPSA) is 46.4 Å². The van der Waals surface area contributed by atoms with Gasteiger partial charge in [0.25, 0.3) is 0 Å². The van der Waals surface area contributed by atoms with Crippen LogP contribution in [-0.4, -0.2) is 16.5 Å². The van der Waals surface area contributed by atoms with Gasteiger partial charge in [0, 0.05) is 29.1 Å². The van der Waals surface area contributed by atoms with Crippen LogP contribution in [0.1, 0.15) is 43.4 Å². The molecular formula is C19H24BrN3OS. The van der Waals surface area contributed by atoms with Crippen LogP contribution in [0.15, 0.2) is 39.1 Å². The Morgan fingerprint density at radius 2 is 2.00 bits per heavy atom. The van der Waals surface area contributed by atoms with Crippen LogP contribution in [0.2, 0.25) is 0 Å². The summed E-state index contributed by atoms with van der Waals surface area (Å²) >= 11 is 5.06. The number of aromatic nitrogens is 1. The molecule has 0 aliphatic heterocycles. The molecule has 1 heterocycles. The molecule has 1 N–H and O–H groups in total. The van der Waals surface area contributed by atoms with Crippen molar-refractivity contribution < 1.29 is 4.79 Å². The molecule has 0 radical (unpaired) electrons. The number of halogens is 1. The lowest BCUT2D eigenvalue weighted by Gasteiger charge is -2.16. The monoisotopic (exact) mass is 421 g/mol. The van der Waals surface area contributed by atoms with E-state index in [-0.39, 0.29) is 5.91 Å². The molecule has 4 nitrogen and oxygen atoms in total. The highest BCUT2D eigenvalue weighted by atomic mass is 79.9. The predicted molar refractivity (Wildman–Crippen MR) is 105 cm³/mol. The molecule has 0 saturated heterocycles. The van der Waals surface area contributed by atoms with Gasteiger partial charge in [-0.15, -0.1) is 11.3 Å². The van der Waals surface area contributed by atoms with Crippen LogP contribution in [-0.2, 0) is 24.8 Å². The van der Waals surface area contributed by atoms with Crippen LogP contribution in [0, 0.1) is 0 Å². The third-order valence-corrected chi connectivity index (χ3v) is 6.14. The Morgan fingerprint density at radius 3 is 2.72 bits per heavy atom. The van der Waals surface area contributed by atoms with Crippen LogP contribution in [0.3, 0.4) is 0 Å². The molecule has 2 aromatic rings. The van der Waals surface area contributed by atoms with E-state index in [2.05, 4.69) is 31.2 Å². The molecule has 0 bridgehead atoms. The molecule has 1 aromatic carbocycles. The minimum Gasteiger partial charge on any atom is -0.352 e. The van der Waals surface area contributed by atoms with Crippen molar-refractivity contribution in [2.75, 3.05) is 0 Å². The molecule has 1 aromatic heterocycles. The number of carbonyl (C=O) groups excluding carboxylic acids is 1. The average molecular weight is 422 g/mol. The molecule has 1 saturated carbocycles. The van der Waals surface area contributed by atoms with Crippen LogP contribution in [0.25, 0.3) is 0 Å². The summed E-state index contributed by atoms with van der Waals surface area (Å²) in [6, 6.07) is 8.45. The Hall–Kier alpha value is -1.40. The van der Waals surface area contributed by atoms with Crippen LogP contribution < -0.4 is 10.1 Å². The van der Waals surface area contributed by atoms with E-state index in [1.54, 1.807) is 11.3 Å². The molecule has 1 aliphatic rings. The van der Waals surface area contributed by atoms with Gasteiger partial charge < -0.3 is 9.88 Å². The maximum atomic E-state index is 12.2. The van der Waals surface area contributed by atoms with E-state index in [1.807, 2.05) is 31.3 Å². The smallest absolute Gasteiger partial charge is 0.226 e. The first kappa shape index (κ1) is 18.4. The SMILES string of the molecule is Cn1c(CC(=O)NCc2ccc(Br)cc2)csc1=NC1CCCCC1. The Balaban J connectivity index is 1.58. The predicted octanol–water partition coefficient (Wildman–Crippen LogP) is 3.94. The molecule has 3 rings (SSSR count). The van der Waals surface area contributed by atoms with E-state index < -0.39 is 0 Å². The minimum absolute atomic E-state index is 0.0422. The molecule has 1 amide bonds. The molecule has 1 aliphatic carbocycles. The second-order valence-corrected chi connectivity index (χ2v) is 8.32. The lowest BCUT2D eigenvalue weighted by molar-refractivity contribution is -0.120. The zero-order valence-corrected chi connectivity index (χ0v) is 16.9. The van der Waals surface area contributed by atoms with E-state index >= 15 is 0 Å². The summed E-state index contributed by atoms with van der Waals surface area (Å²) < 4.78 is 3.11. The summed E-state index contributed by atoms with van der Waals surface area (Å²) in [6.45, 7) is 0.555. The second-order valence-electron chi connectivity index (χ2n) is 6.57. The summed E-state index contributed by atoms with van der Waals surface area (Å²) in [5, 5.41) is 5.05. The summed E-state index contributed by atoms with van der Waals surface area (Å²) in [5.74, 6) is 0.0422. The number of rotatable bonds is 5. The number of nitrogens with one attached hydrogen (secondary N) is 1. The maximum Gasteiger partial charge on any atom is 0.226 e. The van der Waals surface area contributed by atoms with Gasteiger partial charge in [0.05, 0.1) is 12.5 Å². The van der Waals surface area contributed by atoms with E-state index in [0.717, 1.165) is 20.5 Å². The fraction of sp³-hybridized carbons (Fsp3) is 0.474. The standard InChI is InChI=1S/C19H24BrN3OS/c1-23-17(13-25-19(23)22-16-5-3-2-4-6-16)11-18(24)21-12-14-7-9-15(20)10-8-14/h7-10,13,16H,2-6,11-12H2,1H3,(H,21,24). The summed E-state index contributed by atoms with van der Waals surface area (Å²) in [4.78, 5) is 18.2. The number of thiazole rings is 1. The Kier molecular flexibility index (Phi) is 6.48. The fourth-order valence-electron chi connectivity index (χ4n) is 3.08. The van der Waals surface area contributed by atoms with E-state index in [0.29, 0.717) is 19.0 Å². The fourth-order valence-corrected chi connectivity index (χ4v) is 4.31. The molecule has 0 atom stereocenters. The first-order chi connectivity index (χ1) is 12.1. The minimum atomic E-state index is 0.0422. The van der Waals surface area contributed by atoms with E-state index in [1.165, 1.54) is 32.1 Å². The summed E-state index contributed by atoms with van der Waals surface area (Å²) in [5.41, 5.74) is 2.12. The van der Waals surface area contributed by atoms with Crippen molar-refractivity contribution in [2.24, 2.45) is 12.0 Å². The van der Waals surface area contributed by atoms with Crippen LogP contribution >= 0.6 is 27.3 Å². The molecule has 25 heavy (non-hydrogen) atoms. The second kappa shape index (κ2) is 8.81. The highest BCUT2D eigenvalue weighted by Crippen LogP contribution is 2.20. The molecule has 6 heteroatoms. The number of benzene rings is 1. The normalized spacial score (nSPS) is 16.2. The Morgan fingerprint density at radius 1 is 1.28 bits per heavy atom. The molecule has 1 fully saturated rings. The van der Waals surface area contributed by atoms with Gasteiger partial charge in [-0.1, -0.05) is 47.3 Å². The Bertz CT molecular complexity index is 773. The lowest BCUT2D eigenvalue weighted by atomic mass is 9.96. The van der Waals surface area contributed by atoms with Crippen molar-refractivity contribution in [1.82, 2.24) is 9.88 Å². The third-order valence-electron chi connectivity index (χ3n) is 4.63. The van der Waals surface area contributed by atoms with Gasteiger partial charge >= 0.3 is 0 Å². The van der Waals surface area contributed by atoms with Gasteiger partial charge in [-0.2, -0.15) is 0 Å². The van der Waals surface area contributed by atoms with Crippen LogP contribution in [0.4, 0.5) is 0 Å².